The Morgan fingerprint density at radius 2 is 0.853 bits per heavy atom. The molecule has 0 heterocycles. The molecule has 4 rings (SSSR count). The molecule has 0 amide bonds. The Balaban J connectivity index is 2.17. The predicted molar refractivity (Wildman–Crippen MR) is 120 cm³/mol. The van der Waals surface area contributed by atoms with Crippen molar-refractivity contribution in [3.63, 3.8) is 0 Å². The second-order valence-electron chi connectivity index (χ2n) is 7.87. The fraction of sp³-hybridized carbons (Fsp3) is 0.0833. The van der Waals surface area contributed by atoms with Crippen LogP contribution in [-0.2, 0) is 0 Å². The largest absolute Gasteiger partial charge is 0.507 e. The van der Waals surface area contributed by atoms with E-state index in [-0.39, 0.29) is 43.8 Å². The lowest BCUT2D eigenvalue weighted by Crippen LogP contribution is -2.01. The van der Waals surface area contributed by atoms with Crippen LogP contribution in [0.25, 0.3) is 32.7 Å². The molecule has 0 atom stereocenters. The summed E-state index contributed by atoms with van der Waals surface area (Å²) in [5.41, 5.74) is -0.559. The molecule has 8 N–H and O–H groups in total. The molecule has 0 aliphatic carbocycles. The topological polar surface area (TPSA) is 196 Å². The zero-order valence-electron chi connectivity index (χ0n) is 17.7. The van der Waals surface area contributed by atoms with Crippen molar-refractivity contribution >= 4 is 33.5 Å². The highest BCUT2D eigenvalue weighted by Crippen LogP contribution is 2.50. The summed E-state index contributed by atoms with van der Waals surface area (Å²) in [5, 5.41) is 80.9. The maximum Gasteiger partial charge on any atom is 0.340 e. The number of carboxylic acids is 2. The number of rotatable bonds is 3. The Kier molecular flexibility index (Phi) is 4.82. The molecule has 0 radical (unpaired) electrons. The van der Waals surface area contributed by atoms with Gasteiger partial charge in [0, 0.05) is 32.7 Å². The first-order chi connectivity index (χ1) is 15.9. The van der Waals surface area contributed by atoms with Crippen LogP contribution in [0, 0.1) is 13.8 Å². The number of phenolic OH excluding ortho intramolecular Hbond substituents is 4. The molecule has 10 nitrogen and oxygen atoms in total. The summed E-state index contributed by atoms with van der Waals surface area (Å²) >= 11 is 0. The van der Waals surface area contributed by atoms with Crippen LogP contribution in [0.1, 0.15) is 31.8 Å². The van der Waals surface area contributed by atoms with Crippen LogP contribution >= 0.6 is 0 Å². The van der Waals surface area contributed by atoms with E-state index in [2.05, 4.69) is 0 Å². The molecule has 0 saturated carbocycles. The molecule has 10 heteroatoms. The van der Waals surface area contributed by atoms with E-state index in [1.165, 1.54) is 26.0 Å². The van der Waals surface area contributed by atoms with Crippen molar-refractivity contribution in [2.75, 3.05) is 0 Å². The third kappa shape index (κ3) is 2.96. The number of benzene rings is 4. The van der Waals surface area contributed by atoms with E-state index >= 15 is 0 Å². The van der Waals surface area contributed by atoms with Gasteiger partial charge >= 0.3 is 11.9 Å². The molecule has 0 aliphatic heterocycles. The van der Waals surface area contributed by atoms with Crippen molar-refractivity contribution in [1.82, 2.24) is 0 Å². The smallest absolute Gasteiger partial charge is 0.340 e. The number of carboxylic acid groups (broad SMARTS) is 2. The molecule has 0 bridgehead atoms. The van der Waals surface area contributed by atoms with Gasteiger partial charge in [0.25, 0.3) is 0 Å². The minimum atomic E-state index is -1.54. The normalized spacial score (nSPS) is 11.2. The Morgan fingerprint density at radius 1 is 0.529 bits per heavy atom. The Labute approximate surface area is 190 Å². The molecular weight excluding hydrogens is 448 g/mol. The summed E-state index contributed by atoms with van der Waals surface area (Å²) < 4.78 is 0. The number of aromatic carboxylic acids is 2. The van der Waals surface area contributed by atoms with Crippen molar-refractivity contribution in [1.29, 1.82) is 0 Å². The second kappa shape index (κ2) is 7.34. The molecule has 0 spiro atoms. The van der Waals surface area contributed by atoms with E-state index < -0.39 is 57.6 Å². The Morgan fingerprint density at radius 3 is 1.15 bits per heavy atom. The van der Waals surface area contributed by atoms with E-state index in [1.54, 1.807) is 0 Å². The lowest BCUT2D eigenvalue weighted by Gasteiger charge is -2.19. The minimum Gasteiger partial charge on any atom is -0.507 e. The zero-order valence-corrected chi connectivity index (χ0v) is 17.7. The first kappa shape index (κ1) is 22.3. The van der Waals surface area contributed by atoms with Crippen LogP contribution < -0.4 is 0 Å². The second-order valence-corrected chi connectivity index (χ2v) is 7.87. The van der Waals surface area contributed by atoms with Gasteiger partial charge in [0.2, 0.25) is 0 Å². The van der Waals surface area contributed by atoms with Gasteiger partial charge in [-0.3, -0.25) is 0 Å². The van der Waals surface area contributed by atoms with Gasteiger partial charge in [0.05, 0.1) is 0 Å². The fourth-order valence-corrected chi connectivity index (χ4v) is 4.32. The van der Waals surface area contributed by atoms with Gasteiger partial charge in [-0.1, -0.05) is 0 Å². The van der Waals surface area contributed by atoms with Gasteiger partial charge in [0.1, 0.15) is 22.6 Å². The van der Waals surface area contributed by atoms with E-state index in [9.17, 15) is 50.4 Å². The monoisotopic (exact) mass is 466 g/mol. The van der Waals surface area contributed by atoms with Crippen LogP contribution in [0.15, 0.2) is 24.3 Å². The fourth-order valence-electron chi connectivity index (χ4n) is 4.32. The van der Waals surface area contributed by atoms with E-state index in [0.29, 0.717) is 0 Å². The van der Waals surface area contributed by atoms with Crippen molar-refractivity contribution in [2.45, 2.75) is 13.8 Å². The molecular formula is C24H18O10. The van der Waals surface area contributed by atoms with Crippen molar-refractivity contribution in [3.8, 4) is 45.6 Å². The minimum absolute atomic E-state index is 0.0512. The van der Waals surface area contributed by atoms with Gasteiger partial charge in [-0.25, -0.2) is 9.59 Å². The predicted octanol–water partition coefficient (Wildman–Crippen LogP) is 3.91. The maximum absolute atomic E-state index is 11.7. The standard InChI is InChI=1S/C24H18O10/c1-7-3-9-11(5-13(25)21(29)17(9)23(31)32)19(27)15(7)16-8(2)4-10-12(20(16)28)6-14(26)22(30)18(10)24(33)34/h3-6,25-30H,1-2H3,(H,31,32)(H,33,34). The highest BCUT2D eigenvalue weighted by Gasteiger charge is 2.27. The van der Waals surface area contributed by atoms with Gasteiger partial charge in [-0.05, 0) is 49.2 Å². The average molecular weight is 466 g/mol. The highest BCUT2D eigenvalue weighted by molar-refractivity contribution is 6.14. The van der Waals surface area contributed by atoms with Crippen molar-refractivity contribution in [3.05, 3.63) is 46.5 Å². The van der Waals surface area contributed by atoms with Crippen LogP contribution in [-0.4, -0.2) is 52.8 Å². The van der Waals surface area contributed by atoms with Crippen LogP contribution in [0.4, 0.5) is 0 Å². The number of hydrogen-bond acceptors (Lipinski definition) is 8. The lowest BCUT2D eigenvalue weighted by molar-refractivity contribution is 0.0684. The summed E-state index contributed by atoms with van der Waals surface area (Å²) in [5.74, 6) is -7.38. The molecule has 0 saturated heterocycles. The summed E-state index contributed by atoms with van der Waals surface area (Å²) in [6.07, 6.45) is 0. The summed E-state index contributed by atoms with van der Waals surface area (Å²) in [4.78, 5) is 23.4. The molecule has 0 unspecified atom stereocenters. The average Bonchev–Trinajstić information content (AvgIpc) is 2.73. The van der Waals surface area contributed by atoms with Gasteiger partial charge in [-0.2, -0.15) is 0 Å². The van der Waals surface area contributed by atoms with Crippen molar-refractivity contribution < 1.29 is 50.4 Å². The van der Waals surface area contributed by atoms with Gasteiger partial charge in [-0.15, -0.1) is 0 Å². The maximum atomic E-state index is 11.7. The molecule has 0 fully saturated rings. The van der Waals surface area contributed by atoms with Crippen LogP contribution in [0.5, 0.6) is 34.5 Å². The number of fused-ring (bicyclic) bond motifs is 2. The number of aromatic hydroxyl groups is 6. The van der Waals surface area contributed by atoms with Crippen molar-refractivity contribution in [2.24, 2.45) is 0 Å². The summed E-state index contributed by atoms with van der Waals surface area (Å²) in [6, 6.07) is 4.67. The first-order valence-electron chi connectivity index (χ1n) is 9.76. The third-order valence-electron chi connectivity index (χ3n) is 5.81. The van der Waals surface area contributed by atoms with E-state index in [0.717, 1.165) is 12.1 Å². The number of phenols is 6. The number of carbonyl (C=O) groups is 2. The molecule has 4 aromatic rings. The summed E-state index contributed by atoms with van der Waals surface area (Å²) in [6.45, 7) is 3.04. The molecule has 4 aromatic carbocycles. The first-order valence-corrected chi connectivity index (χ1v) is 9.76. The molecule has 34 heavy (non-hydrogen) atoms. The summed E-state index contributed by atoms with van der Waals surface area (Å²) in [7, 11) is 0. The third-order valence-corrected chi connectivity index (χ3v) is 5.81. The van der Waals surface area contributed by atoms with Gasteiger partial charge in [0.15, 0.2) is 23.0 Å². The SMILES string of the molecule is Cc1cc2c(C(=O)O)c(O)c(O)cc2c(O)c1-c1c(C)cc2c(C(=O)O)c(O)c(O)cc2c1O. The molecule has 0 aliphatic rings. The number of aryl methyl sites for hydroxylation is 2. The van der Waals surface area contributed by atoms with Gasteiger partial charge < -0.3 is 40.9 Å². The number of hydrogen-bond donors (Lipinski definition) is 8. The van der Waals surface area contributed by atoms with E-state index in [4.69, 9.17) is 0 Å². The molecule has 174 valence electrons. The quantitative estimate of drug-likeness (QED) is 0.205. The molecule has 0 aromatic heterocycles. The lowest BCUT2D eigenvalue weighted by atomic mass is 9.87. The van der Waals surface area contributed by atoms with E-state index in [1.807, 2.05) is 0 Å². The Hall–Kier alpha value is -4.86. The van der Waals surface area contributed by atoms with Crippen LogP contribution in [0.3, 0.4) is 0 Å². The Bertz CT molecular complexity index is 1460. The highest BCUT2D eigenvalue weighted by atomic mass is 16.4. The zero-order chi connectivity index (χ0) is 25.2. The van der Waals surface area contributed by atoms with Crippen LogP contribution in [0.2, 0.25) is 0 Å².